The molecule has 1 fully saturated rings. The first-order chi connectivity index (χ1) is 12.8. The van der Waals surface area contributed by atoms with E-state index in [2.05, 4.69) is 44.8 Å². The average molecular weight is 363 g/mol. The fraction of sp³-hybridized carbons (Fsp3) is 0.650. The van der Waals surface area contributed by atoms with Crippen molar-refractivity contribution in [1.29, 1.82) is 0 Å². The van der Waals surface area contributed by atoms with Crippen molar-refractivity contribution < 1.29 is 9.47 Å². The molecular weight excluding hydrogens is 328 g/mol. The summed E-state index contributed by atoms with van der Waals surface area (Å²) in [5.74, 6) is 0.859. The summed E-state index contributed by atoms with van der Waals surface area (Å²) >= 11 is 0. The Labute approximate surface area is 158 Å². The van der Waals surface area contributed by atoms with Crippen LogP contribution in [0.3, 0.4) is 0 Å². The minimum Gasteiger partial charge on any atom is -0.385 e. The maximum atomic E-state index is 5.44. The molecule has 6 nitrogen and oxygen atoms in total. The molecular formula is C20H34N4O2. The number of nitrogens with one attached hydrogen (secondary N) is 2. The van der Waals surface area contributed by atoms with Gasteiger partial charge in [0.15, 0.2) is 5.96 Å². The minimum absolute atomic E-state index is 0.782. The highest BCUT2D eigenvalue weighted by Gasteiger charge is 2.12. The number of ether oxygens (including phenoxy) is 2. The molecule has 0 aromatic heterocycles. The molecule has 1 aromatic carbocycles. The number of hydrogen-bond donors (Lipinski definition) is 2. The molecule has 2 rings (SSSR count). The first-order valence-electron chi connectivity index (χ1n) is 9.64. The van der Waals surface area contributed by atoms with Crippen LogP contribution in [-0.4, -0.2) is 64.5 Å². The molecule has 0 atom stereocenters. The van der Waals surface area contributed by atoms with Crippen molar-refractivity contribution in [3.8, 4) is 0 Å². The Hall–Kier alpha value is -1.63. The molecule has 1 aliphatic rings. The highest BCUT2D eigenvalue weighted by Crippen LogP contribution is 2.13. The van der Waals surface area contributed by atoms with E-state index in [1.54, 1.807) is 7.11 Å². The minimum atomic E-state index is 0.782. The third-order valence-corrected chi connectivity index (χ3v) is 4.60. The zero-order chi connectivity index (χ0) is 18.5. The van der Waals surface area contributed by atoms with Crippen LogP contribution in [0, 0.1) is 0 Å². The van der Waals surface area contributed by atoms with E-state index < -0.39 is 0 Å². The summed E-state index contributed by atoms with van der Waals surface area (Å²) in [7, 11) is 3.57. The summed E-state index contributed by atoms with van der Waals surface area (Å²) in [6, 6.07) is 8.64. The van der Waals surface area contributed by atoms with Crippen LogP contribution in [0.5, 0.6) is 0 Å². The molecule has 26 heavy (non-hydrogen) atoms. The first kappa shape index (κ1) is 20.7. The maximum Gasteiger partial charge on any atom is 0.191 e. The smallest absolute Gasteiger partial charge is 0.191 e. The quantitative estimate of drug-likeness (QED) is 0.379. The normalized spacial score (nSPS) is 15.8. The molecule has 6 heteroatoms. The maximum absolute atomic E-state index is 5.44. The van der Waals surface area contributed by atoms with Gasteiger partial charge in [0.25, 0.3) is 0 Å². The molecule has 1 saturated heterocycles. The fourth-order valence-electron chi connectivity index (χ4n) is 3.04. The van der Waals surface area contributed by atoms with E-state index in [0.29, 0.717) is 0 Å². The van der Waals surface area contributed by atoms with Crippen LogP contribution < -0.4 is 10.6 Å². The highest BCUT2D eigenvalue weighted by molar-refractivity contribution is 5.79. The van der Waals surface area contributed by atoms with Gasteiger partial charge in [-0.05, 0) is 30.4 Å². The van der Waals surface area contributed by atoms with Gasteiger partial charge in [-0.1, -0.05) is 24.3 Å². The third kappa shape index (κ3) is 7.72. The van der Waals surface area contributed by atoms with Crippen LogP contribution in [0.1, 0.15) is 30.4 Å². The van der Waals surface area contributed by atoms with E-state index in [9.17, 15) is 0 Å². The Bertz CT molecular complexity index is 530. The summed E-state index contributed by atoms with van der Waals surface area (Å²) in [5, 5.41) is 6.82. The monoisotopic (exact) mass is 362 g/mol. The lowest BCUT2D eigenvalue weighted by molar-refractivity contribution is 0.0341. The van der Waals surface area contributed by atoms with Gasteiger partial charge in [-0.3, -0.25) is 9.89 Å². The molecule has 0 amide bonds. The molecule has 0 spiro atoms. The second kappa shape index (κ2) is 12.7. The van der Waals surface area contributed by atoms with E-state index in [1.165, 1.54) is 17.5 Å². The van der Waals surface area contributed by atoms with E-state index in [-0.39, 0.29) is 0 Å². The Morgan fingerprint density at radius 1 is 1.12 bits per heavy atom. The Morgan fingerprint density at radius 2 is 1.88 bits per heavy atom. The second-order valence-electron chi connectivity index (χ2n) is 6.56. The van der Waals surface area contributed by atoms with Crippen LogP contribution in [-0.2, 0) is 22.6 Å². The van der Waals surface area contributed by atoms with Crippen molar-refractivity contribution in [2.45, 2.75) is 32.4 Å². The predicted octanol–water partition coefficient (Wildman–Crippen LogP) is 2.00. The molecule has 0 bridgehead atoms. The van der Waals surface area contributed by atoms with E-state index in [4.69, 9.17) is 9.47 Å². The average Bonchev–Trinajstić information content (AvgIpc) is 2.69. The molecule has 146 valence electrons. The third-order valence-electron chi connectivity index (χ3n) is 4.60. The lowest BCUT2D eigenvalue weighted by atomic mass is 10.1. The standard InChI is InChI=1S/C20H34N4O2/c1-21-20(22-10-6-3-7-13-25-2)23-16-18-8-4-5-9-19(18)17-24-11-14-26-15-12-24/h4-5,8-9H,3,6-7,10-17H2,1-2H3,(H2,21,22,23). The van der Waals surface area contributed by atoms with Crippen LogP contribution in [0.25, 0.3) is 0 Å². The van der Waals surface area contributed by atoms with E-state index in [1.807, 2.05) is 7.05 Å². The largest absolute Gasteiger partial charge is 0.385 e. The number of unbranched alkanes of at least 4 members (excludes halogenated alkanes) is 2. The van der Waals surface area contributed by atoms with Gasteiger partial charge in [0.1, 0.15) is 0 Å². The number of rotatable bonds is 10. The van der Waals surface area contributed by atoms with Crippen molar-refractivity contribution in [3.63, 3.8) is 0 Å². The fourth-order valence-corrected chi connectivity index (χ4v) is 3.04. The van der Waals surface area contributed by atoms with Gasteiger partial charge >= 0.3 is 0 Å². The van der Waals surface area contributed by atoms with Gasteiger partial charge in [-0.25, -0.2) is 0 Å². The molecule has 0 radical (unpaired) electrons. The van der Waals surface area contributed by atoms with Gasteiger partial charge in [0.2, 0.25) is 0 Å². The number of morpholine rings is 1. The SMILES string of the molecule is CN=C(NCCCCCOC)NCc1ccccc1CN1CCOCC1. The van der Waals surface area contributed by atoms with Crippen LogP contribution in [0.4, 0.5) is 0 Å². The van der Waals surface area contributed by atoms with Crippen LogP contribution >= 0.6 is 0 Å². The molecule has 0 saturated carbocycles. The van der Waals surface area contributed by atoms with E-state index in [0.717, 1.165) is 71.3 Å². The lowest BCUT2D eigenvalue weighted by Crippen LogP contribution is -2.38. The number of benzene rings is 1. The molecule has 0 unspecified atom stereocenters. The molecule has 2 N–H and O–H groups in total. The highest BCUT2D eigenvalue weighted by atomic mass is 16.5. The zero-order valence-corrected chi connectivity index (χ0v) is 16.3. The number of nitrogens with zero attached hydrogens (tertiary/aromatic N) is 2. The van der Waals surface area contributed by atoms with Crippen molar-refractivity contribution in [3.05, 3.63) is 35.4 Å². The van der Waals surface area contributed by atoms with Gasteiger partial charge in [0.05, 0.1) is 13.2 Å². The summed E-state index contributed by atoms with van der Waals surface area (Å²) < 4.78 is 10.5. The Balaban J connectivity index is 1.76. The molecule has 1 aromatic rings. The molecule has 0 aliphatic carbocycles. The summed E-state index contributed by atoms with van der Waals surface area (Å²) in [4.78, 5) is 6.78. The Morgan fingerprint density at radius 3 is 2.62 bits per heavy atom. The van der Waals surface area contributed by atoms with Gasteiger partial charge in [-0.15, -0.1) is 0 Å². The molecule has 1 heterocycles. The van der Waals surface area contributed by atoms with Gasteiger partial charge in [-0.2, -0.15) is 0 Å². The van der Waals surface area contributed by atoms with Crippen LogP contribution in [0.15, 0.2) is 29.3 Å². The molecule has 1 aliphatic heterocycles. The van der Waals surface area contributed by atoms with Crippen molar-refractivity contribution in [2.75, 3.05) is 53.6 Å². The number of aliphatic imine (C=N–C) groups is 1. The van der Waals surface area contributed by atoms with Gasteiger partial charge in [0, 0.05) is 53.5 Å². The van der Waals surface area contributed by atoms with Gasteiger partial charge < -0.3 is 20.1 Å². The first-order valence-corrected chi connectivity index (χ1v) is 9.64. The predicted molar refractivity (Wildman–Crippen MR) is 106 cm³/mol. The van der Waals surface area contributed by atoms with E-state index >= 15 is 0 Å². The summed E-state index contributed by atoms with van der Waals surface area (Å²) in [5.41, 5.74) is 2.69. The number of guanidine groups is 1. The second-order valence-corrected chi connectivity index (χ2v) is 6.56. The Kier molecular flexibility index (Phi) is 10.1. The van der Waals surface area contributed by atoms with Crippen molar-refractivity contribution in [2.24, 2.45) is 4.99 Å². The topological polar surface area (TPSA) is 58.1 Å². The van der Waals surface area contributed by atoms with Crippen molar-refractivity contribution in [1.82, 2.24) is 15.5 Å². The zero-order valence-electron chi connectivity index (χ0n) is 16.3. The van der Waals surface area contributed by atoms with Crippen LogP contribution in [0.2, 0.25) is 0 Å². The summed E-state index contributed by atoms with van der Waals surface area (Å²) in [6.07, 6.45) is 3.40. The number of hydrogen-bond acceptors (Lipinski definition) is 4. The van der Waals surface area contributed by atoms with Crippen molar-refractivity contribution >= 4 is 5.96 Å². The number of methoxy groups -OCH3 is 1. The summed E-state index contributed by atoms with van der Waals surface area (Å²) in [6.45, 7) is 7.22. The lowest BCUT2D eigenvalue weighted by Gasteiger charge is -2.27.